The second-order valence-electron chi connectivity index (χ2n) is 5.79. The standard InChI is InChI=1S/C19H18FN3O/c1-12-4-3-5-14(10-12)11-17(24)21-19-18(13(2)22-23-19)15-6-8-16(20)9-7-15/h3-10H,11H2,1-2H3,(H2,21,22,23,24). The number of benzene rings is 2. The first-order chi connectivity index (χ1) is 11.5. The second-order valence-corrected chi connectivity index (χ2v) is 5.79. The summed E-state index contributed by atoms with van der Waals surface area (Å²) in [6.07, 6.45) is 0.274. The zero-order valence-corrected chi connectivity index (χ0v) is 13.6. The molecule has 0 radical (unpaired) electrons. The first-order valence-electron chi connectivity index (χ1n) is 7.69. The van der Waals surface area contributed by atoms with Gasteiger partial charge in [-0.15, -0.1) is 0 Å². The van der Waals surface area contributed by atoms with Crippen LogP contribution < -0.4 is 5.32 Å². The Balaban J connectivity index is 1.80. The van der Waals surface area contributed by atoms with Gasteiger partial charge in [0.2, 0.25) is 5.91 Å². The van der Waals surface area contributed by atoms with Gasteiger partial charge in [-0.3, -0.25) is 9.89 Å². The van der Waals surface area contributed by atoms with Crippen molar-refractivity contribution < 1.29 is 9.18 Å². The Morgan fingerprint density at radius 1 is 1.17 bits per heavy atom. The molecule has 24 heavy (non-hydrogen) atoms. The first kappa shape index (κ1) is 15.9. The molecule has 0 spiro atoms. The third-order valence-corrected chi connectivity index (χ3v) is 3.79. The third-order valence-electron chi connectivity index (χ3n) is 3.79. The van der Waals surface area contributed by atoms with Crippen LogP contribution in [0.15, 0.2) is 48.5 Å². The number of aromatic amines is 1. The fourth-order valence-corrected chi connectivity index (χ4v) is 2.67. The maximum atomic E-state index is 13.1. The molecule has 0 saturated heterocycles. The summed E-state index contributed by atoms with van der Waals surface area (Å²) < 4.78 is 13.1. The number of hydrogen-bond acceptors (Lipinski definition) is 2. The summed E-state index contributed by atoms with van der Waals surface area (Å²) in [7, 11) is 0. The summed E-state index contributed by atoms with van der Waals surface area (Å²) in [5, 5.41) is 9.87. The van der Waals surface area contributed by atoms with Gasteiger partial charge in [0.1, 0.15) is 5.82 Å². The predicted molar refractivity (Wildman–Crippen MR) is 92.2 cm³/mol. The van der Waals surface area contributed by atoms with Crippen molar-refractivity contribution in [1.29, 1.82) is 0 Å². The lowest BCUT2D eigenvalue weighted by Gasteiger charge is -2.07. The van der Waals surface area contributed by atoms with E-state index in [0.717, 1.165) is 27.9 Å². The number of nitrogens with one attached hydrogen (secondary N) is 2. The molecule has 0 unspecified atom stereocenters. The Kier molecular flexibility index (Phi) is 4.42. The molecule has 1 amide bonds. The summed E-state index contributed by atoms with van der Waals surface area (Å²) in [6, 6.07) is 13.9. The lowest BCUT2D eigenvalue weighted by molar-refractivity contribution is -0.115. The predicted octanol–water partition coefficient (Wildman–Crippen LogP) is 4.01. The van der Waals surface area contributed by atoms with Gasteiger partial charge in [0.15, 0.2) is 5.82 Å². The van der Waals surface area contributed by atoms with Crippen LogP contribution in [0.2, 0.25) is 0 Å². The normalized spacial score (nSPS) is 10.6. The molecule has 4 nitrogen and oxygen atoms in total. The topological polar surface area (TPSA) is 57.8 Å². The number of amides is 1. The van der Waals surface area contributed by atoms with Gasteiger partial charge in [-0.05, 0) is 37.1 Å². The lowest BCUT2D eigenvalue weighted by atomic mass is 10.1. The van der Waals surface area contributed by atoms with Crippen LogP contribution in [0.25, 0.3) is 11.1 Å². The molecule has 1 heterocycles. The number of anilines is 1. The number of carbonyl (C=O) groups is 1. The van der Waals surface area contributed by atoms with Crippen LogP contribution in [0.1, 0.15) is 16.8 Å². The quantitative estimate of drug-likeness (QED) is 0.762. The number of carbonyl (C=O) groups excluding carboxylic acids is 1. The minimum atomic E-state index is -0.301. The van der Waals surface area contributed by atoms with Crippen LogP contribution in [0.5, 0.6) is 0 Å². The van der Waals surface area contributed by atoms with Crippen LogP contribution in [0, 0.1) is 19.7 Å². The zero-order valence-electron chi connectivity index (χ0n) is 13.6. The maximum absolute atomic E-state index is 13.1. The van der Waals surface area contributed by atoms with Crippen molar-refractivity contribution >= 4 is 11.7 Å². The Morgan fingerprint density at radius 3 is 2.62 bits per heavy atom. The number of rotatable bonds is 4. The van der Waals surface area contributed by atoms with Gasteiger partial charge < -0.3 is 5.32 Å². The van der Waals surface area contributed by atoms with Crippen LogP contribution in [0.3, 0.4) is 0 Å². The monoisotopic (exact) mass is 323 g/mol. The molecule has 2 aromatic carbocycles. The molecule has 5 heteroatoms. The van der Waals surface area contributed by atoms with E-state index in [1.54, 1.807) is 12.1 Å². The van der Waals surface area contributed by atoms with E-state index in [9.17, 15) is 9.18 Å². The van der Waals surface area contributed by atoms with Crippen molar-refractivity contribution in [3.8, 4) is 11.1 Å². The van der Waals surface area contributed by atoms with E-state index in [-0.39, 0.29) is 18.1 Å². The molecule has 0 atom stereocenters. The minimum Gasteiger partial charge on any atom is -0.308 e. The number of aromatic nitrogens is 2. The molecule has 0 fully saturated rings. The molecule has 0 aliphatic heterocycles. The molecule has 0 aliphatic carbocycles. The van der Waals surface area contributed by atoms with E-state index in [2.05, 4.69) is 15.5 Å². The van der Waals surface area contributed by atoms with E-state index in [1.165, 1.54) is 12.1 Å². The highest BCUT2D eigenvalue weighted by Gasteiger charge is 2.15. The van der Waals surface area contributed by atoms with Crippen LogP contribution in [-0.2, 0) is 11.2 Å². The van der Waals surface area contributed by atoms with Crippen LogP contribution in [0.4, 0.5) is 10.2 Å². The molecular weight excluding hydrogens is 305 g/mol. The van der Waals surface area contributed by atoms with Crippen molar-refractivity contribution in [3.63, 3.8) is 0 Å². The summed E-state index contributed by atoms with van der Waals surface area (Å²) in [5.74, 6) is 0.0113. The average Bonchev–Trinajstić information content (AvgIpc) is 2.89. The third kappa shape index (κ3) is 3.51. The average molecular weight is 323 g/mol. The fourth-order valence-electron chi connectivity index (χ4n) is 2.67. The maximum Gasteiger partial charge on any atom is 0.230 e. The SMILES string of the molecule is Cc1cccc(CC(=O)Nc2n[nH]c(C)c2-c2ccc(F)cc2)c1. The first-order valence-corrected chi connectivity index (χ1v) is 7.69. The summed E-state index contributed by atoms with van der Waals surface area (Å²) in [5.41, 5.74) is 4.44. The van der Waals surface area contributed by atoms with Crippen molar-refractivity contribution in [2.45, 2.75) is 20.3 Å². The lowest BCUT2D eigenvalue weighted by Crippen LogP contribution is -2.15. The van der Waals surface area contributed by atoms with Crippen LogP contribution >= 0.6 is 0 Å². The molecule has 0 aliphatic rings. The van der Waals surface area contributed by atoms with Gasteiger partial charge in [-0.25, -0.2) is 4.39 Å². The van der Waals surface area contributed by atoms with Gasteiger partial charge in [0.05, 0.1) is 6.42 Å². The van der Waals surface area contributed by atoms with Gasteiger partial charge in [-0.2, -0.15) is 5.10 Å². The molecule has 0 saturated carbocycles. The molecule has 2 N–H and O–H groups in total. The highest BCUT2D eigenvalue weighted by atomic mass is 19.1. The highest BCUT2D eigenvalue weighted by Crippen LogP contribution is 2.29. The van der Waals surface area contributed by atoms with E-state index >= 15 is 0 Å². The molecule has 3 rings (SSSR count). The Bertz CT molecular complexity index is 869. The largest absolute Gasteiger partial charge is 0.308 e. The van der Waals surface area contributed by atoms with E-state index < -0.39 is 0 Å². The molecular formula is C19H18FN3O. The summed E-state index contributed by atoms with van der Waals surface area (Å²) in [4.78, 5) is 12.3. The Morgan fingerprint density at radius 2 is 1.92 bits per heavy atom. The second kappa shape index (κ2) is 6.66. The van der Waals surface area contributed by atoms with Gasteiger partial charge in [0.25, 0.3) is 0 Å². The van der Waals surface area contributed by atoms with Crippen LogP contribution in [-0.4, -0.2) is 16.1 Å². The van der Waals surface area contributed by atoms with Crippen molar-refractivity contribution in [1.82, 2.24) is 10.2 Å². The summed E-state index contributed by atoms with van der Waals surface area (Å²) in [6.45, 7) is 3.85. The van der Waals surface area contributed by atoms with E-state index in [0.29, 0.717) is 5.82 Å². The highest BCUT2D eigenvalue weighted by molar-refractivity contribution is 5.95. The van der Waals surface area contributed by atoms with Crippen molar-refractivity contribution in [3.05, 3.63) is 71.2 Å². The molecule has 122 valence electrons. The van der Waals surface area contributed by atoms with E-state index in [1.807, 2.05) is 38.1 Å². The fraction of sp³-hybridized carbons (Fsp3) is 0.158. The van der Waals surface area contributed by atoms with E-state index in [4.69, 9.17) is 0 Å². The summed E-state index contributed by atoms with van der Waals surface area (Å²) >= 11 is 0. The van der Waals surface area contributed by atoms with Gasteiger partial charge >= 0.3 is 0 Å². The van der Waals surface area contributed by atoms with Gasteiger partial charge in [-0.1, -0.05) is 42.0 Å². The Hall–Kier alpha value is -2.95. The smallest absolute Gasteiger partial charge is 0.230 e. The number of aryl methyl sites for hydroxylation is 2. The molecule has 0 bridgehead atoms. The zero-order chi connectivity index (χ0) is 17.1. The minimum absolute atomic E-state index is 0.143. The molecule has 3 aromatic rings. The number of nitrogens with zero attached hydrogens (tertiary/aromatic N) is 1. The Labute approximate surface area is 139 Å². The number of hydrogen-bond donors (Lipinski definition) is 2. The van der Waals surface area contributed by atoms with Gasteiger partial charge in [0, 0.05) is 11.3 Å². The molecule has 1 aromatic heterocycles. The number of H-pyrrole nitrogens is 1. The number of halogens is 1. The van der Waals surface area contributed by atoms with Crippen molar-refractivity contribution in [2.75, 3.05) is 5.32 Å². The van der Waals surface area contributed by atoms with Crippen molar-refractivity contribution in [2.24, 2.45) is 0 Å².